The Morgan fingerprint density at radius 2 is 2.06 bits per heavy atom. The zero-order chi connectivity index (χ0) is 25.5. The van der Waals surface area contributed by atoms with Crippen LogP contribution in [0, 0.1) is 12.7 Å². The smallest absolute Gasteiger partial charge is 0.317 e. The zero-order valence-electron chi connectivity index (χ0n) is 21.3. The standard InChI is InChI=1S/C28H35FN4O3/c1-4-15-30-28(34)32(18-24-10-7-16-35-24)19-25-26(5-2)31-33(22-13-11-21(29)12-14-22)27(25)36-23-9-6-8-20(3)17-23/h6,8-9,11-14,17,24H,4-5,7,10,15-16,18-19H2,1-3H3,(H,30,34). The van der Waals surface area contributed by atoms with Gasteiger partial charge < -0.3 is 19.7 Å². The number of rotatable bonds is 10. The van der Waals surface area contributed by atoms with Crippen LogP contribution in [-0.2, 0) is 17.7 Å². The molecule has 8 heteroatoms. The molecule has 1 fully saturated rings. The fraction of sp³-hybridized carbons (Fsp3) is 0.429. The maximum atomic E-state index is 13.7. The van der Waals surface area contributed by atoms with Crippen LogP contribution in [0.2, 0.25) is 0 Å². The van der Waals surface area contributed by atoms with E-state index in [2.05, 4.69) is 5.32 Å². The van der Waals surface area contributed by atoms with E-state index in [4.69, 9.17) is 14.6 Å². The van der Waals surface area contributed by atoms with Crippen molar-refractivity contribution in [2.45, 2.75) is 59.1 Å². The van der Waals surface area contributed by atoms with Crippen molar-refractivity contribution < 1.29 is 18.7 Å². The number of nitrogens with one attached hydrogen (secondary N) is 1. The maximum absolute atomic E-state index is 13.7. The van der Waals surface area contributed by atoms with E-state index in [1.54, 1.807) is 21.7 Å². The summed E-state index contributed by atoms with van der Waals surface area (Å²) in [5, 5.41) is 7.84. The average Bonchev–Trinajstić information content (AvgIpc) is 3.51. The van der Waals surface area contributed by atoms with E-state index in [1.165, 1.54) is 12.1 Å². The van der Waals surface area contributed by atoms with Crippen molar-refractivity contribution in [1.82, 2.24) is 20.0 Å². The van der Waals surface area contributed by atoms with Gasteiger partial charge in [0.15, 0.2) is 0 Å². The first-order valence-electron chi connectivity index (χ1n) is 12.7. The molecule has 1 aliphatic heterocycles. The highest BCUT2D eigenvalue weighted by molar-refractivity contribution is 5.74. The van der Waals surface area contributed by atoms with Crippen LogP contribution in [0.5, 0.6) is 11.6 Å². The second-order valence-electron chi connectivity index (χ2n) is 9.14. The summed E-state index contributed by atoms with van der Waals surface area (Å²) in [6, 6.07) is 13.8. The number of carbonyl (C=O) groups excluding carboxylic acids is 1. The van der Waals surface area contributed by atoms with Crippen LogP contribution in [0.4, 0.5) is 9.18 Å². The molecule has 4 rings (SSSR count). The Morgan fingerprint density at radius 3 is 2.72 bits per heavy atom. The van der Waals surface area contributed by atoms with E-state index in [9.17, 15) is 9.18 Å². The molecule has 1 aromatic heterocycles. The summed E-state index contributed by atoms with van der Waals surface area (Å²) >= 11 is 0. The van der Waals surface area contributed by atoms with E-state index in [0.29, 0.717) is 43.4 Å². The van der Waals surface area contributed by atoms with Gasteiger partial charge in [-0.2, -0.15) is 5.10 Å². The summed E-state index contributed by atoms with van der Waals surface area (Å²) in [6.07, 6.45) is 3.44. The first kappa shape index (κ1) is 25.7. The molecule has 36 heavy (non-hydrogen) atoms. The van der Waals surface area contributed by atoms with Crippen LogP contribution in [-0.4, -0.2) is 46.5 Å². The number of hydrogen-bond donors (Lipinski definition) is 1. The van der Waals surface area contributed by atoms with E-state index in [1.807, 2.05) is 45.0 Å². The highest BCUT2D eigenvalue weighted by Crippen LogP contribution is 2.33. The van der Waals surface area contributed by atoms with Crippen molar-refractivity contribution in [3.63, 3.8) is 0 Å². The summed E-state index contributed by atoms with van der Waals surface area (Å²) in [5.41, 5.74) is 3.40. The molecule has 2 aromatic carbocycles. The molecule has 0 spiro atoms. The zero-order valence-corrected chi connectivity index (χ0v) is 21.3. The van der Waals surface area contributed by atoms with Gasteiger partial charge in [0.25, 0.3) is 0 Å². The molecule has 7 nitrogen and oxygen atoms in total. The molecule has 0 bridgehead atoms. The lowest BCUT2D eigenvalue weighted by atomic mass is 10.1. The molecule has 192 valence electrons. The third kappa shape index (κ3) is 6.23. The van der Waals surface area contributed by atoms with Gasteiger partial charge in [0.1, 0.15) is 11.6 Å². The molecule has 1 N–H and O–H groups in total. The lowest BCUT2D eigenvalue weighted by Gasteiger charge is -2.26. The lowest BCUT2D eigenvalue weighted by Crippen LogP contribution is -2.43. The summed E-state index contributed by atoms with van der Waals surface area (Å²) in [5.74, 6) is 0.867. The van der Waals surface area contributed by atoms with Crippen molar-refractivity contribution >= 4 is 6.03 Å². The van der Waals surface area contributed by atoms with Gasteiger partial charge in [-0.05, 0) is 74.6 Å². The van der Waals surface area contributed by atoms with E-state index >= 15 is 0 Å². The number of nitrogens with zero attached hydrogens (tertiary/aromatic N) is 3. The molecule has 1 saturated heterocycles. The van der Waals surface area contributed by atoms with Gasteiger partial charge >= 0.3 is 6.03 Å². The molecule has 1 unspecified atom stereocenters. The predicted octanol–water partition coefficient (Wildman–Crippen LogP) is 5.78. The molecule has 0 radical (unpaired) electrons. The molecule has 2 amide bonds. The number of ether oxygens (including phenoxy) is 2. The third-order valence-corrected chi connectivity index (χ3v) is 6.24. The first-order valence-corrected chi connectivity index (χ1v) is 12.7. The Bertz CT molecular complexity index is 1160. The number of benzene rings is 2. The van der Waals surface area contributed by atoms with Gasteiger partial charge in [-0.1, -0.05) is 26.0 Å². The van der Waals surface area contributed by atoms with Crippen molar-refractivity contribution in [1.29, 1.82) is 0 Å². The predicted molar refractivity (Wildman–Crippen MR) is 137 cm³/mol. The van der Waals surface area contributed by atoms with Gasteiger partial charge in [-0.3, -0.25) is 0 Å². The Balaban J connectivity index is 1.75. The minimum Gasteiger partial charge on any atom is -0.439 e. The second kappa shape index (κ2) is 12.0. The average molecular weight is 495 g/mol. The maximum Gasteiger partial charge on any atom is 0.317 e. The minimum absolute atomic E-state index is 0.00994. The number of carbonyl (C=O) groups is 1. The molecule has 0 aliphatic carbocycles. The van der Waals surface area contributed by atoms with Crippen molar-refractivity contribution in [2.24, 2.45) is 0 Å². The third-order valence-electron chi connectivity index (χ3n) is 6.24. The van der Waals surface area contributed by atoms with Crippen LogP contribution in [0.15, 0.2) is 48.5 Å². The van der Waals surface area contributed by atoms with Gasteiger partial charge in [-0.25, -0.2) is 13.9 Å². The normalized spacial score (nSPS) is 15.2. The quantitative estimate of drug-likeness (QED) is 0.388. The fourth-order valence-electron chi connectivity index (χ4n) is 4.36. The highest BCUT2D eigenvalue weighted by Gasteiger charge is 2.27. The summed E-state index contributed by atoms with van der Waals surface area (Å²) < 4.78 is 27.7. The van der Waals surface area contributed by atoms with Crippen LogP contribution < -0.4 is 10.1 Å². The van der Waals surface area contributed by atoms with E-state index in [0.717, 1.165) is 42.7 Å². The number of amides is 2. The topological polar surface area (TPSA) is 68.6 Å². The molecular formula is C28H35FN4O3. The fourth-order valence-corrected chi connectivity index (χ4v) is 4.36. The van der Waals surface area contributed by atoms with Gasteiger partial charge in [0.05, 0.1) is 29.6 Å². The van der Waals surface area contributed by atoms with E-state index < -0.39 is 0 Å². The van der Waals surface area contributed by atoms with Crippen LogP contribution in [0.1, 0.15) is 49.9 Å². The Hall–Kier alpha value is -3.39. The number of halogens is 1. The summed E-state index contributed by atoms with van der Waals surface area (Å²) in [6.45, 7) is 8.19. The van der Waals surface area contributed by atoms with Crippen LogP contribution in [0.3, 0.4) is 0 Å². The highest BCUT2D eigenvalue weighted by atomic mass is 19.1. The number of urea groups is 1. The van der Waals surface area contributed by atoms with Gasteiger partial charge in [0.2, 0.25) is 5.88 Å². The molecule has 1 aliphatic rings. The molecular weight excluding hydrogens is 459 g/mol. The first-order chi connectivity index (χ1) is 17.5. The van der Waals surface area contributed by atoms with E-state index in [-0.39, 0.29) is 18.0 Å². The van der Waals surface area contributed by atoms with Crippen LogP contribution >= 0.6 is 0 Å². The molecule has 0 saturated carbocycles. The Kier molecular flexibility index (Phi) is 8.59. The largest absolute Gasteiger partial charge is 0.439 e. The molecule has 1 atom stereocenters. The lowest BCUT2D eigenvalue weighted by molar-refractivity contribution is 0.0793. The van der Waals surface area contributed by atoms with Crippen molar-refractivity contribution in [2.75, 3.05) is 19.7 Å². The number of aromatic nitrogens is 2. The summed E-state index contributed by atoms with van der Waals surface area (Å²) in [7, 11) is 0. The second-order valence-corrected chi connectivity index (χ2v) is 9.14. The Labute approximate surface area is 212 Å². The van der Waals surface area contributed by atoms with Crippen molar-refractivity contribution in [3.8, 4) is 17.3 Å². The summed E-state index contributed by atoms with van der Waals surface area (Å²) in [4.78, 5) is 15.0. The SMILES string of the molecule is CCCNC(=O)N(Cc1c(CC)nn(-c2ccc(F)cc2)c1Oc1cccc(C)c1)CC1CCCO1. The van der Waals surface area contributed by atoms with Gasteiger partial charge in [-0.15, -0.1) is 0 Å². The minimum atomic E-state index is -0.321. The van der Waals surface area contributed by atoms with Crippen molar-refractivity contribution in [3.05, 3.63) is 71.2 Å². The Morgan fingerprint density at radius 1 is 1.25 bits per heavy atom. The monoisotopic (exact) mass is 494 g/mol. The molecule has 3 aromatic rings. The molecule has 2 heterocycles. The number of aryl methyl sites for hydroxylation is 2. The van der Waals surface area contributed by atoms with Crippen LogP contribution in [0.25, 0.3) is 5.69 Å². The number of hydrogen-bond acceptors (Lipinski definition) is 4. The van der Waals surface area contributed by atoms with Gasteiger partial charge in [0, 0.05) is 19.7 Å².